The van der Waals surface area contributed by atoms with Crippen LogP contribution in [0.3, 0.4) is 0 Å². The van der Waals surface area contributed by atoms with Gasteiger partial charge in [0.1, 0.15) is 6.23 Å². The molecule has 0 amide bonds. The predicted molar refractivity (Wildman–Crippen MR) is 116 cm³/mol. The van der Waals surface area contributed by atoms with Gasteiger partial charge in [0, 0.05) is 13.1 Å². The summed E-state index contributed by atoms with van der Waals surface area (Å²) in [5.41, 5.74) is 0. The maximum Gasteiger partial charge on any atom is 0.107 e. The smallest absolute Gasteiger partial charge is 0.107 e. The van der Waals surface area contributed by atoms with Gasteiger partial charge in [-0.3, -0.25) is 4.90 Å². The maximum absolute atomic E-state index is 10.1. The number of aliphatic hydroxyl groups excluding tert-OH is 1. The first-order chi connectivity index (χ1) is 12.8. The maximum atomic E-state index is 10.1. The fourth-order valence-electron chi connectivity index (χ4n) is 4.27. The minimum absolute atomic E-state index is 0.158. The molecule has 0 saturated carbocycles. The second-order valence-corrected chi connectivity index (χ2v) is 8.67. The number of rotatable bonds is 19. The minimum Gasteiger partial charge on any atom is -0.378 e. The lowest BCUT2D eigenvalue weighted by Crippen LogP contribution is -2.32. The van der Waals surface area contributed by atoms with E-state index in [2.05, 4.69) is 11.8 Å². The fraction of sp³-hybridized carbons (Fsp3) is 1.00. The first-order valence-electron chi connectivity index (χ1n) is 12.3. The number of aliphatic hydroxyl groups is 1. The second-order valence-electron chi connectivity index (χ2n) is 8.67. The summed E-state index contributed by atoms with van der Waals surface area (Å²) in [6.45, 7) is 4.52. The summed E-state index contributed by atoms with van der Waals surface area (Å²) in [5, 5.41) is 10.1. The lowest BCUT2D eigenvalue weighted by Gasteiger charge is -2.22. The Bertz CT molecular complexity index is 275. The molecule has 1 fully saturated rings. The molecular weight excluding hydrogens is 318 g/mol. The molecule has 0 bridgehead atoms. The van der Waals surface area contributed by atoms with Crippen molar-refractivity contribution in [2.75, 3.05) is 13.1 Å². The van der Waals surface area contributed by atoms with E-state index in [1.54, 1.807) is 0 Å². The van der Waals surface area contributed by atoms with Gasteiger partial charge >= 0.3 is 0 Å². The zero-order valence-corrected chi connectivity index (χ0v) is 18.0. The highest BCUT2D eigenvalue weighted by molar-refractivity contribution is 4.68. The van der Waals surface area contributed by atoms with Gasteiger partial charge in [-0.1, -0.05) is 110 Å². The molecule has 0 spiro atoms. The van der Waals surface area contributed by atoms with Crippen molar-refractivity contribution in [3.05, 3.63) is 0 Å². The molecule has 0 radical (unpaired) electrons. The van der Waals surface area contributed by atoms with Gasteiger partial charge in [0.05, 0.1) is 0 Å². The van der Waals surface area contributed by atoms with Gasteiger partial charge in [-0.05, 0) is 25.7 Å². The third-order valence-corrected chi connectivity index (χ3v) is 6.13. The van der Waals surface area contributed by atoms with E-state index in [0.29, 0.717) is 0 Å². The number of nitrogens with zero attached hydrogens (tertiary/aromatic N) is 1. The summed E-state index contributed by atoms with van der Waals surface area (Å²) in [4.78, 5) is 2.26. The van der Waals surface area contributed by atoms with Crippen molar-refractivity contribution >= 4 is 0 Å². The van der Waals surface area contributed by atoms with Gasteiger partial charge in [0.15, 0.2) is 0 Å². The molecule has 1 aliphatic rings. The predicted octanol–water partition coefficient (Wildman–Crippen LogP) is 7.44. The summed E-state index contributed by atoms with van der Waals surface area (Å²) in [7, 11) is 0. The average molecular weight is 368 g/mol. The zero-order chi connectivity index (χ0) is 18.7. The minimum atomic E-state index is -0.158. The molecule has 1 N–H and O–H groups in total. The number of hydrogen-bond donors (Lipinski definition) is 1. The molecule has 2 nitrogen and oxygen atoms in total. The van der Waals surface area contributed by atoms with Crippen molar-refractivity contribution in [2.24, 2.45) is 0 Å². The largest absolute Gasteiger partial charge is 0.378 e. The molecule has 1 atom stereocenters. The highest BCUT2D eigenvalue weighted by atomic mass is 16.3. The molecule has 1 unspecified atom stereocenters. The molecular formula is C24H49NO. The van der Waals surface area contributed by atoms with Gasteiger partial charge in [0.25, 0.3) is 0 Å². The Morgan fingerprint density at radius 3 is 1.31 bits per heavy atom. The molecule has 1 heterocycles. The van der Waals surface area contributed by atoms with E-state index in [9.17, 15) is 5.11 Å². The average Bonchev–Trinajstić information content (AvgIpc) is 3.19. The van der Waals surface area contributed by atoms with Crippen LogP contribution in [0, 0.1) is 0 Å². The second kappa shape index (κ2) is 18.3. The van der Waals surface area contributed by atoms with E-state index in [-0.39, 0.29) is 6.23 Å². The molecule has 0 aromatic heterocycles. The fourth-order valence-corrected chi connectivity index (χ4v) is 4.27. The van der Waals surface area contributed by atoms with Crippen LogP contribution in [-0.4, -0.2) is 29.3 Å². The van der Waals surface area contributed by atoms with Crippen molar-refractivity contribution in [2.45, 2.75) is 142 Å². The van der Waals surface area contributed by atoms with E-state index < -0.39 is 0 Å². The van der Waals surface area contributed by atoms with Crippen LogP contribution in [0.15, 0.2) is 0 Å². The molecule has 1 aliphatic heterocycles. The topological polar surface area (TPSA) is 23.5 Å². The summed E-state index contributed by atoms with van der Waals surface area (Å²) in [6.07, 6.45) is 27.5. The molecule has 0 aliphatic carbocycles. The first-order valence-corrected chi connectivity index (χ1v) is 12.3. The van der Waals surface area contributed by atoms with Crippen LogP contribution in [0.5, 0.6) is 0 Å². The molecule has 156 valence electrons. The van der Waals surface area contributed by atoms with Crippen molar-refractivity contribution in [1.29, 1.82) is 0 Å². The van der Waals surface area contributed by atoms with Gasteiger partial charge in [-0.2, -0.15) is 0 Å². The number of unbranched alkanes of at least 4 members (excludes halogenated alkanes) is 16. The monoisotopic (exact) mass is 367 g/mol. The lowest BCUT2D eigenvalue weighted by atomic mass is 10.0. The quantitative estimate of drug-likeness (QED) is 0.240. The number of likely N-dealkylation sites (tertiary alicyclic amines) is 1. The summed E-state index contributed by atoms with van der Waals surface area (Å²) in [6, 6.07) is 0. The Labute approximate surface area is 165 Å². The molecule has 1 rings (SSSR count). The van der Waals surface area contributed by atoms with Crippen LogP contribution >= 0.6 is 0 Å². The highest BCUT2D eigenvalue weighted by Crippen LogP contribution is 2.17. The molecule has 0 aromatic carbocycles. The Morgan fingerprint density at radius 2 is 0.923 bits per heavy atom. The van der Waals surface area contributed by atoms with Crippen molar-refractivity contribution < 1.29 is 5.11 Å². The normalized spacial score (nSPS) is 16.4. The summed E-state index contributed by atoms with van der Waals surface area (Å²) in [5.74, 6) is 0. The van der Waals surface area contributed by atoms with Crippen molar-refractivity contribution in [1.82, 2.24) is 4.90 Å². The highest BCUT2D eigenvalue weighted by Gasteiger charge is 2.18. The lowest BCUT2D eigenvalue weighted by molar-refractivity contribution is 0.0121. The van der Waals surface area contributed by atoms with Crippen LogP contribution in [0.2, 0.25) is 0 Å². The van der Waals surface area contributed by atoms with Crippen LogP contribution in [0.25, 0.3) is 0 Å². The summed E-state index contributed by atoms with van der Waals surface area (Å²) >= 11 is 0. The third-order valence-electron chi connectivity index (χ3n) is 6.13. The van der Waals surface area contributed by atoms with E-state index in [1.807, 2.05) is 0 Å². The van der Waals surface area contributed by atoms with Gasteiger partial charge < -0.3 is 5.11 Å². The molecule has 2 heteroatoms. The van der Waals surface area contributed by atoms with Crippen molar-refractivity contribution in [3.63, 3.8) is 0 Å². The Hall–Kier alpha value is -0.0800. The van der Waals surface area contributed by atoms with Crippen LogP contribution in [0.4, 0.5) is 0 Å². The molecule has 0 aromatic rings. The van der Waals surface area contributed by atoms with E-state index >= 15 is 0 Å². The Balaban J connectivity index is 1.68. The van der Waals surface area contributed by atoms with Gasteiger partial charge in [-0.15, -0.1) is 0 Å². The number of hydrogen-bond acceptors (Lipinski definition) is 2. The van der Waals surface area contributed by atoms with E-state index in [1.165, 1.54) is 122 Å². The van der Waals surface area contributed by atoms with Gasteiger partial charge in [0.2, 0.25) is 0 Å². The summed E-state index contributed by atoms with van der Waals surface area (Å²) < 4.78 is 0. The Morgan fingerprint density at radius 1 is 0.577 bits per heavy atom. The third kappa shape index (κ3) is 14.0. The zero-order valence-electron chi connectivity index (χ0n) is 18.0. The van der Waals surface area contributed by atoms with Gasteiger partial charge in [-0.25, -0.2) is 0 Å². The standard InChI is InChI=1S/C24H49NO/c1-2-3-4-5-6-7-8-9-10-11-12-13-14-15-16-17-18-21-24(26)25-22-19-20-23-25/h24,26H,2-23H2,1H3. The molecule has 1 saturated heterocycles. The van der Waals surface area contributed by atoms with E-state index in [0.717, 1.165) is 19.5 Å². The van der Waals surface area contributed by atoms with Crippen LogP contribution < -0.4 is 0 Å². The molecule has 26 heavy (non-hydrogen) atoms. The van der Waals surface area contributed by atoms with Crippen LogP contribution in [0.1, 0.15) is 135 Å². The Kier molecular flexibility index (Phi) is 16.9. The van der Waals surface area contributed by atoms with E-state index in [4.69, 9.17) is 0 Å². The first kappa shape index (κ1) is 24.0. The van der Waals surface area contributed by atoms with Crippen LogP contribution in [-0.2, 0) is 0 Å². The van der Waals surface area contributed by atoms with Crippen molar-refractivity contribution in [3.8, 4) is 0 Å². The SMILES string of the molecule is CCCCCCCCCCCCCCCCCCCC(O)N1CCCC1.